The molecule has 2 nitrogen and oxygen atoms in total. The summed E-state index contributed by atoms with van der Waals surface area (Å²) in [6.45, 7) is 21.4. The SMILES string of the molecule is CC(C)(C)c1ccc(CP(C(C)(C)C)C(C)(C)C)c(C(P)(c2cc[nH]c2)c2cc[nH]c2)c1. The molecule has 1 unspecified atom stereocenters. The monoisotopic (exact) mass is 468 g/mol. The first kappa shape index (κ1) is 25.3. The highest BCUT2D eigenvalue weighted by Gasteiger charge is 2.39. The standard InChI is InChI=1S/C28H42N2P2/c1-25(2,3)21-11-10-20(19-32(26(4,5)6)27(7,8)9)24(16-21)28(31,22-12-14-29-17-22)23-13-15-30-18-23/h10-18,29-30H,19,31H2,1-9H3. The summed E-state index contributed by atoms with van der Waals surface area (Å²) in [6.07, 6.45) is 9.47. The van der Waals surface area contributed by atoms with E-state index in [-0.39, 0.29) is 28.8 Å². The lowest BCUT2D eigenvalue weighted by Gasteiger charge is -2.43. The van der Waals surface area contributed by atoms with Gasteiger partial charge in [-0.3, -0.25) is 0 Å². The van der Waals surface area contributed by atoms with Gasteiger partial charge in [0.1, 0.15) is 0 Å². The quantitative estimate of drug-likeness (QED) is 0.352. The van der Waals surface area contributed by atoms with Crippen LogP contribution in [0, 0.1) is 0 Å². The first-order chi connectivity index (χ1) is 14.6. The zero-order valence-corrected chi connectivity index (χ0v) is 23.5. The lowest BCUT2D eigenvalue weighted by atomic mass is 9.79. The van der Waals surface area contributed by atoms with Crippen LogP contribution in [-0.2, 0) is 16.7 Å². The van der Waals surface area contributed by atoms with E-state index in [1.165, 1.54) is 27.8 Å². The fourth-order valence-electron chi connectivity index (χ4n) is 4.81. The summed E-state index contributed by atoms with van der Waals surface area (Å²) >= 11 is 0. The first-order valence-electron chi connectivity index (χ1n) is 11.6. The zero-order valence-electron chi connectivity index (χ0n) is 21.4. The van der Waals surface area contributed by atoms with E-state index in [9.17, 15) is 0 Å². The number of nitrogens with one attached hydrogen (secondary N) is 2. The maximum atomic E-state index is 3.30. The molecule has 0 aliphatic carbocycles. The molecule has 0 radical (unpaired) electrons. The van der Waals surface area contributed by atoms with Crippen molar-refractivity contribution >= 4 is 17.2 Å². The van der Waals surface area contributed by atoms with Crippen molar-refractivity contribution in [2.45, 2.75) is 89.4 Å². The van der Waals surface area contributed by atoms with Crippen LogP contribution in [-0.4, -0.2) is 20.3 Å². The number of benzene rings is 1. The van der Waals surface area contributed by atoms with Gasteiger partial charge in [-0.25, -0.2) is 0 Å². The molecule has 32 heavy (non-hydrogen) atoms. The van der Waals surface area contributed by atoms with Gasteiger partial charge in [-0.15, -0.1) is 9.24 Å². The maximum Gasteiger partial charge on any atom is 0.0623 e. The molecule has 2 heterocycles. The molecule has 174 valence electrons. The molecule has 3 rings (SSSR count). The van der Waals surface area contributed by atoms with Crippen LogP contribution >= 0.6 is 17.2 Å². The van der Waals surface area contributed by atoms with Crippen molar-refractivity contribution in [2.75, 3.05) is 0 Å². The van der Waals surface area contributed by atoms with E-state index < -0.39 is 0 Å². The van der Waals surface area contributed by atoms with E-state index in [1.54, 1.807) is 0 Å². The fraction of sp³-hybridized carbons (Fsp3) is 0.500. The first-order valence-corrected chi connectivity index (χ1v) is 13.7. The third kappa shape index (κ3) is 5.08. The van der Waals surface area contributed by atoms with Gasteiger partial charge in [-0.2, -0.15) is 0 Å². The summed E-state index contributed by atoms with van der Waals surface area (Å²) in [4.78, 5) is 6.60. The Morgan fingerprint density at radius 3 is 1.59 bits per heavy atom. The van der Waals surface area contributed by atoms with Crippen molar-refractivity contribution in [1.82, 2.24) is 9.97 Å². The van der Waals surface area contributed by atoms with Crippen LogP contribution in [0.3, 0.4) is 0 Å². The Morgan fingerprint density at radius 2 is 1.22 bits per heavy atom. The van der Waals surface area contributed by atoms with Crippen molar-refractivity contribution in [3.8, 4) is 0 Å². The van der Waals surface area contributed by atoms with Gasteiger partial charge in [-0.05, 0) is 61.8 Å². The number of hydrogen-bond acceptors (Lipinski definition) is 0. The molecule has 1 aromatic carbocycles. The third-order valence-corrected chi connectivity index (χ3v) is 11.3. The van der Waals surface area contributed by atoms with Gasteiger partial charge in [0.25, 0.3) is 0 Å². The third-order valence-electron chi connectivity index (χ3n) is 6.46. The highest BCUT2D eigenvalue weighted by Crippen LogP contribution is 2.62. The van der Waals surface area contributed by atoms with Gasteiger partial charge >= 0.3 is 0 Å². The Bertz CT molecular complexity index is 963. The Morgan fingerprint density at radius 1 is 0.719 bits per heavy atom. The molecule has 0 amide bonds. The molecule has 0 aliphatic rings. The molecule has 0 saturated heterocycles. The van der Waals surface area contributed by atoms with Gasteiger partial charge in [0.15, 0.2) is 0 Å². The summed E-state index contributed by atoms with van der Waals surface area (Å²) in [7, 11) is 2.97. The molecule has 2 N–H and O–H groups in total. The van der Waals surface area contributed by atoms with E-state index >= 15 is 0 Å². The van der Waals surface area contributed by atoms with Crippen LogP contribution in [0.2, 0.25) is 0 Å². The maximum absolute atomic E-state index is 3.30. The molecule has 0 aliphatic heterocycles. The average Bonchev–Trinajstić information content (AvgIpc) is 3.36. The number of rotatable bonds is 5. The van der Waals surface area contributed by atoms with Crippen LogP contribution in [0.4, 0.5) is 0 Å². The topological polar surface area (TPSA) is 31.6 Å². The van der Waals surface area contributed by atoms with E-state index in [0.717, 1.165) is 6.16 Å². The number of H-pyrrole nitrogens is 2. The molecular formula is C28H42N2P2. The van der Waals surface area contributed by atoms with Gasteiger partial charge in [-0.1, -0.05) is 88.4 Å². The predicted octanol–water partition coefficient (Wildman–Crippen LogP) is 8.39. The lowest BCUT2D eigenvalue weighted by Crippen LogP contribution is -2.28. The van der Waals surface area contributed by atoms with E-state index in [4.69, 9.17) is 0 Å². The molecule has 3 aromatic rings. The summed E-state index contributed by atoms with van der Waals surface area (Å²) in [5.74, 6) is 0. The smallest absolute Gasteiger partial charge is 0.0623 e. The van der Waals surface area contributed by atoms with Crippen molar-refractivity contribution in [1.29, 1.82) is 0 Å². The van der Waals surface area contributed by atoms with Crippen molar-refractivity contribution in [3.63, 3.8) is 0 Å². The van der Waals surface area contributed by atoms with Crippen LogP contribution in [0.1, 0.15) is 90.1 Å². The van der Waals surface area contributed by atoms with Gasteiger partial charge in [0, 0.05) is 24.8 Å². The molecule has 2 aromatic heterocycles. The minimum atomic E-state index is -0.312. The molecule has 0 fully saturated rings. The summed E-state index contributed by atoms with van der Waals surface area (Å²) in [6, 6.07) is 11.7. The van der Waals surface area contributed by atoms with Crippen LogP contribution in [0.25, 0.3) is 0 Å². The van der Waals surface area contributed by atoms with Gasteiger partial charge in [0.05, 0.1) is 5.16 Å². The van der Waals surface area contributed by atoms with Crippen molar-refractivity contribution in [2.24, 2.45) is 0 Å². The van der Waals surface area contributed by atoms with Crippen LogP contribution in [0.15, 0.2) is 55.1 Å². The van der Waals surface area contributed by atoms with Gasteiger partial charge in [0.2, 0.25) is 0 Å². The Hall–Kier alpha value is -1.36. The van der Waals surface area contributed by atoms with Crippen molar-refractivity contribution < 1.29 is 0 Å². The highest BCUT2D eigenvalue weighted by atomic mass is 31.1. The zero-order chi connectivity index (χ0) is 23.9. The average molecular weight is 469 g/mol. The van der Waals surface area contributed by atoms with Crippen molar-refractivity contribution in [3.05, 3.63) is 82.9 Å². The second-order valence-electron chi connectivity index (χ2n) is 12.1. The van der Waals surface area contributed by atoms with E-state index in [1.807, 2.05) is 12.4 Å². The van der Waals surface area contributed by atoms with E-state index in [2.05, 4.69) is 124 Å². The molecule has 1 atom stereocenters. The minimum absolute atomic E-state index is 0.0912. The number of aromatic amines is 2. The van der Waals surface area contributed by atoms with E-state index in [0.29, 0.717) is 0 Å². The molecule has 0 spiro atoms. The predicted molar refractivity (Wildman–Crippen MR) is 146 cm³/mol. The summed E-state index contributed by atoms with van der Waals surface area (Å²) in [5, 5.41) is 0.242. The molecule has 0 saturated carbocycles. The van der Waals surface area contributed by atoms with Crippen LogP contribution < -0.4 is 0 Å². The number of aromatic nitrogens is 2. The number of hydrogen-bond donors (Lipinski definition) is 2. The minimum Gasteiger partial charge on any atom is -0.367 e. The fourth-order valence-corrected chi connectivity index (χ4v) is 9.02. The Kier molecular flexibility index (Phi) is 6.93. The van der Waals surface area contributed by atoms with Crippen LogP contribution in [0.5, 0.6) is 0 Å². The second kappa shape index (κ2) is 8.77. The Balaban J connectivity index is 2.29. The molecular weight excluding hydrogens is 426 g/mol. The normalized spacial score (nSPS) is 13.7. The van der Waals surface area contributed by atoms with Gasteiger partial charge < -0.3 is 9.97 Å². The second-order valence-corrected chi connectivity index (χ2v) is 16.8. The largest absolute Gasteiger partial charge is 0.367 e. The molecule has 4 heteroatoms. The summed E-state index contributed by atoms with van der Waals surface area (Å²) in [5.41, 5.74) is 6.87. The molecule has 0 bridgehead atoms. The highest BCUT2D eigenvalue weighted by molar-refractivity contribution is 7.60. The Labute approximate surface area is 199 Å². The summed E-state index contributed by atoms with van der Waals surface area (Å²) < 4.78 is 0. The lowest BCUT2D eigenvalue weighted by molar-refractivity contribution is 0.588.